The number of ether oxygens (including phenoxy) is 1. The zero-order valence-electron chi connectivity index (χ0n) is 28.4. The molecule has 4 aromatic rings. The highest BCUT2D eigenvalue weighted by Gasteiger charge is 2.71. The van der Waals surface area contributed by atoms with Crippen LogP contribution in [-0.2, 0) is 34.6 Å². The number of pyridine rings is 1. The molecule has 1 aliphatic heterocycles. The van der Waals surface area contributed by atoms with Crippen LogP contribution in [-0.4, -0.2) is 50.5 Å². The highest BCUT2D eigenvalue weighted by atomic mass is 19.4. The van der Waals surface area contributed by atoms with Gasteiger partial charge in [-0.05, 0) is 59.9 Å². The van der Waals surface area contributed by atoms with E-state index in [1.807, 2.05) is 0 Å². The van der Waals surface area contributed by atoms with Crippen molar-refractivity contribution in [2.45, 2.75) is 55.5 Å². The Kier molecular flexibility index (Phi) is 9.33. The number of halogens is 8. The first-order valence-corrected chi connectivity index (χ1v) is 16.8. The number of nitrogens with one attached hydrogen (secondary N) is 1. The molecule has 0 spiro atoms. The Labute approximate surface area is 307 Å². The number of primary amides is 1. The van der Waals surface area contributed by atoms with Crippen LogP contribution in [0.15, 0.2) is 60.7 Å². The van der Waals surface area contributed by atoms with Gasteiger partial charge in [0.25, 0.3) is 11.8 Å². The molecule has 0 bridgehead atoms. The van der Waals surface area contributed by atoms with Crippen molar-refractivity contribution >= 4 is 11.8 Å². The van der Waals surface area contributed by atoms with Crippen molar-refractivity contribution in [3.05, 3.63) is 118 Å². The number of carbonyl (C=O) groups excluding carboxylic acids is 2. The number of amides is 2. The third-order valence-electron chi connectivity index (χ3n) is 9.83. The van der Waals surface area contributed by atoms with Gasteiger partial charge in [0, 0.05) is 36.0 Å². The molecular weight excluding hydrogens is 742 g/mol. The lowest BCUT2D eigenvalue weighted by molar-refractivity contribution is -0.142. The number of hydrogen-bond acceptors (Lipinski definition) is 6. The van der Waals surface area contributed by atoms with Crippen LogP contribution in [0.3, 0.4) is 0 Å². The molecule has 7 rings (SSSR count). The van der Waals surface area contributed by atoms with E-state index in [1.165, 1.54) is 18.2 Å². The fraction of sp³-hybridized carbons (Fsp3) is 0.316. The molecular formula is C38H29F8N5O4. The molecule has 9 nitrogen and oxygen atoms in total. The summed E-state index contributed by atoms with van der Waals surface area (Å²) in [4.78, 5) is 30.4. The van der Waals surface area contributed by atoms with Crippen LogP contribution in [0.5, 0.6) is 0 Å². The summed E-state index contributed by atoms with van der Waals surface area (Å²) in [6, 6.07) is 7.20. The van der Waals surface area contributed by atoms with Crippen molar-refractivity contribution in [3.8, 4) is 23.0 Å². The third-order valence-corrected chi connectivity index (χ3v) is 9.83. The summed E-state index contributed by atoms with van der Waals surface area (Å²) >= 11 is 0. The Morgan fingerprint density at radius 3 is 2.42 bits per heavy atom. The number of nitrogens with two attached hydrogens (primary N) is 1. The quantitative estimate of drug-likeness (QED) is 0.117. The molecule has 2 aromatic heterocycles. The molecule has 2 aromatic carbocycles. The van der Waals surface area contributed by atoms with E-state index in [2.05, 4.69) is 33.8 Å². The van der Waals surface area contributed by atoms with Crippen LogP contribution in [0.2, 0.25) is 0 Å². The molecule has 4 N–H and O–H groups in total. The van der Waals surface area contributed by atoms with Gasteiger partial charge in [-0.1, -0.05) is 24.1 Å². The minimum absolute atomic E-state index is 0.0133. The number of nitrogens with zero attached hydrogens (tertiary/aromatic N) is 3. The molecule has 286 valence electrons. The molecule has 17 heteroatoms. The first-order chi connectivity index (χ1) is 25.9. The van der Waals surface area contributed by atoms with Crippen molar-refractivity contribution < 1.29 is 54.6 Å². The number of alkyl halides is 5. The molecule has 2 aliphatic carbocycles. The predicted molar refractivity (Wildman–Crippen MR) is 177 cm³/mol. The fourth-order valence-corrected chi connectivity index (χ4v) is 7.21. The Morgan fingerprint density at radius 1 is 1.07 bits per heavy atom. The summed E-state index contributed by atoms with van der Waals surface area (Å²) in [5.41, 5.74) is 0.0485. The van der Waals surface area contributed by atoms with E-state index in [1.54, 1.807) is 0 Å². The lowest BCUT2D eigenvalue weighted by Gasteiger charge is -2.26. The summed E-state index contributed by atoms with van der Waals surface area (Å²) in [5, 5.41) is 16.8. The van der Waals surface area contributed by atoms with Gasteiger partial charge < -0.3 is 20.9 Å². The largest absolute Gasteiger partial charge is 0.435 e. The first kappa shape index (κ1) is 37.7. The summed E-state index contributed by atoms with van der Waals surface area (Å²) in [6.45, 7) is 2.80. The lowest BCUT2D eigenvalue weighted by atomic mass is 9.93. The normalized spacial score (nSPS) is 19.8. The number of fused-ring (bicyclic) bond motifs is 3. The maximum Gasteiger partial charge on any atom is 0.435 e. The van der Waals surface area contributed by atoms with Gasteiger partial charge in [0.1, 0.15) is 41.0 Å². The number of aromatic nitrogens is 3. The van der Waals surface area contributed by atoms with Crippen LogP contribution in [0.25, 0.3) is 11.1 Å². The number of allylic oxidation sites excluding steroid dienone is 1. The van der Waals surface area contributed by atoms with Gasteiger partial charge in [0.05, 0.1) is 36.4 Å². The summed E-state index contributed by atoms with van der Waals surface area (Å²) < 4.78 is 122. The average molecular weight is 772 g/mol. The van der Waals surface area contributed by atoms with Crippen molar-refractivity contribution in [3.63, 3.8) is 0 Å². The van der Waals surface area contributed by atoms with Crippen molar-refractivity contribution in [2.24, 2.45) is 11.7 Å². The standard InChI is InChI=1S/C38H29F8N5O4/c1-18-29-30-33(38(44,45)46)50-51(34(30)37(42,43)31(18)29)17-28(52)49-27(14-19-12-21(39)16-22(40)13-19)32-24(20-2-5-26(41)25(15-20)35(47)53)4-3-23(48-32)6-7-36(54)8-10-55-11-9-36/h2-5,12-13,15-16,27,29,31,54H,1,8-11,14,17H2,(H2,47,53)(H,49,52)/t27-,29+,31+/m0/s1. The lowest BCUT2D eigenvalue weighted by Crippen LogP contribution is -2.35. The minimum atomic E-state index is -5.14. The second kappa shape index (κ2) is 13.6. The second-order valence-electron chi connectivity index (χ2n) is 13.6. The summed E-state index contributed by atoms with van der Waals surface area (Å²) in [5.74, 6) is -6.37. The molecule has 3 heterocycles. The zero-order chi connectivity index (χ0) is 39.6. The molecule has 3 atom stereocenters. The van der Waals surface area contributed by atoms with Crippen LogP contribution < -0.4 is 11.1 Å². The Morgan fingerprint density at radius 2 is 1.76 bits per heavy atom. The van der Waals surface area contributed by atoms with Crippen LogP contribution in [0, 0.1) is 35.2 Å². The summed E-state index contributed by atoms with van der Waals surface area (Å²) in [7, 11) is 0. The number of hydrogen-bond donors (Lipinski definition) is 3. The maximum atomic E-state index is 15.5. The summed E-state index contributed by atoms with van der Waals surface area (Å²) in [6.07, 6.45) is -5.21. The van der Waals surface area contributed by atoms with E-state index in [0.29, 0.717) is 6.07 Å². The number of rotatable bonds is 8. The monoisotopic (exact) mass is 771 g/mol. The van der Waals surface area contributed by atoms with E-state index >= 15 is 8.78 Å². The van der Waals surface area contributed by atoms with Gasteiger partial charge in [-0.2, -0.15) is 27.1 Å². The molecule has 2 amide bonds. The predicted octanol–water partition coefficient (Wildman–Crippen LogP) is 5.85. The van der Waals surface area contributed by atoms with Crippen molar-refractivity contribution in [2.75, 3.05) is 13.2 Å². The first-order valence-electron chi connectivity index (χ1n) is 16.8. The van der Waals surface area contributed by atoms with Gasteiger partial charge in [0.2, 0.25) is 5.91 Å². The molecule has 55 heavy (non-hydrogen) atoms. The van der Waals surface area contributed by atoms with E-state index in [4.69, 9.17) is 10.5 Å². The second-order valence-corrected chi connectivity index (χ2v) is 13.6. The SMILES string of the molecule is C=C1[C@@H]2c3c(C(F)(F)F)nn(CC(=O)N[C@@H](Cc4cc(F)cc(F)c4)c4nc(C#CC5(O)CCOCC5)ccc4-c4ccc(F)c(C(N)=O)c4)c3C(F)(F)[C@H]12. The molecule has 0 radical (unpaired) electrons. The van der Waals surface area contributed by atoms with Crippen LogP contribution in [0.1, 0.15) is 69.1 Å². The molecule has 2 fully saturated rings. The molecule has 3 aliphatic rings. The van der Waals surface area contributed by atoms with Crippen molar-refractivity contribution in [1.82, 2.24) is 20.1 Å². The smallest absolute Gasteiger partial charge is 0.381 e. The van der Waals surface area contributed by atoms with Gasteiger partial charge in [0.15, 0.2) is 5.69 Å². The highest BCUT2D eigenvalue weighted by Crippen LogP contribution is 2.71. The van der Waals surface area contributed by atoms with Crippen molar-refractivity contribution in [1.29, 1.82) is 0 Å². The van der Waals surface area contributed by atoms with Crippen LogP contribution >= 0.6 is 0 Å². The van der Waals surface area contributed by atoms with Gasteiger partial charge in [-0.15, -0.1) is 0 Å². The Bertz CT molecular complexity index is 2300. The van der Waals surface area contributed by atoms with Crippen LogP contribution in [0.4, 0.5) is 35.1 Å². The molecule has 0 unspecified atom stereocenters. The number of carbonyl (C=O) groups is 2. The zero-order valence-corrected chi connectivity index (χ0v) is 28.4. The minimum Gasteiger partial charge on any atom is -0.381 e. The molecule has 1 saturated carbocycles. The maximum absolute atomic E-state index is 15.5. The highest BCUT2D eigenvalue weighted by molar-refractivity contribution is 5.94. The van der Waals surface area contributed by atoms with Gasteiger partial charge in [-0.25, -0.2) is 18.2 Å². The van der Waals surface area contributed by atoms with E-state index in [-0.39, 0.29) is 64.4 Å². The molecule has 1 saturated heterocycles. The number of benzene rings is 2. The fourth-order valence-electron chi connectivity index (χ4n) is 7.21. The third kappa shape index (κ3) is 7.19. The number of aliphatic hydroxyl groups is 1. The van der Waals surface area contributed by atoms with E-state index in [0.717, 1.165) is 24.3 Å². The van der Waals surface area contributed by atoms with E-state index in [9.17, 15) is 41.0 Å². The van der Waals surface area contributed by atoms with Gasteiger partial charge in [-0.3, -0.25) is 14.3 Å². The Hall–Kier alpha value is -5.60. The average Bonchev–Trinajstić information content (AvgIpc) is 3.51. The van der Waals surface area contributed by atoms with E-state index < -0.39 is 100 Å². The topological polar surface area (TPSA) is 132 Å². The van der Waals surface area contributed by atoms with Gasteiger partial charge >= 0.3 is 6.18 Å². The Balaban J connectivity index is 1.33.